The molecule has 0 aliphatic heterocycles. The molecule has 0 aromatic rings. The maximum absolute atomic E-state index is 11.3. The second-order valence-electron chi connectivity index (χ2n) is 3.12. The summed E-state index contributed by atoms with van der Waals surface area (Å²) in [6.45, 7) is 3.83. The Labute approximate surface area is 72.6 Å². The van der Waals surface area contributed by atoms with Crippen molar-refractivity contribution in [3.63, 3.8) is 0 Å². The van der Waals surface area contributed by atoms with Crippen molar-refractivity contribution in [3.05, 3.63) is 23.3 Å². The molecule has 0 aromatic heterocycles. The molecule has 0 saturated heterocycles. The number of aliphatic hydroxyl groups excluding tert-OH is 1. The first-order valence-corrected chi connectivity index (χ1v) is 4.19. The second kappa shape index (κ2) is 3.68. The van der Waals surface area contributed by atoms with Gasteiger partial charge in [0, 0.05) is 12.0 Å². The Kier molecular flexibility index (Phi) is 2.82. The first-order valence-electron chi connectivity index (χ1n) is 4.19. The van der Waals surface area contributed by atoms with Crippen LogP contribution in [0, 0.1) is 0 Å². The van der Waals surface area contributed by atoms with Crippen LogP contribution in [0.2, 0.25) is 0 Å². The Morgan fingerprint density at radius 2 is 2.33 bits per heavy atom. The molecule has 0 bridgehead atoms. The number of allylic oxidation sites excluding steroid dienone is 2. The third-order valence-electron chi connectivity index (χ3n) is 2.17. The van der Waals surface area contributed by atoms with E-state index in [1.54, 1.807) is 0 Å². The third-order valence-corrected chi connectivity index (χ3v) is 2.17. The quantitative estimate of drug-likeness (QED) is 0.633. The van der Waals surface area contributed by atoms with E-state index in [-0.39, 0.29) is 5.78 Å². The lowest BCUT2D eigenvalue weighted by molar-refractivity contribution is -0.122. The number of carbonyl (C=O) groups excluding carboxylic acids is 1. The van der Waals surface area contributed by atoms with Crippen LogP contribution in [0.25, 0.3) is 0 Å². The van der Waals surface area contributed by atoms with Crippen LogP contribution in [0.1, 0.15) is 26.7 Å². The molecule has 0 aromatic carbocycles. The van der Waals surface area contributed by atoms with Crippen LogP contribution < -0.4 is 0 Å². The van der Waals surface area contributed by atoms with Crippen LogP contribution in [0.5, 0.6) is 0 Å². The van der Waals surface area contributed by atoms with Gasteiger partial charge in [0.25, 0.3) is 0 Å². The molecule has 2 nitrogen and oxygen atoms in total. The minimum Gasteiger partial charge on any atom is -0.385 e. The number of Topliss-reactive ketones (excluding diaryl/α,β-unsaturated/α-hetero) is 1. The van der Waals surface area contributed by atoms with Gasteiger partial charge in [0.2, 0.25) is 0 Å². The number of aliphatic hydroxyl groups is 1. The van der Waals surface area contributed by atoms with Crippen LogP contribution >= 0.6 is 0 Å². The smallest absolute Gasteiger partial charge is 0.187 e. The van der Waals surface area contributed by atoms with Crippen molar-refractivity contribution in [1.82, 2.24) is 0 Å². The van der Waals surface area contributed by atoms with E-state index in [9.17, 15) is 9.90 Å². The number of rotatable bonds is 2. The average Bonchev–Trinajstić information content (AvgIpc) is 2.25. The van der Waals surface area contributed by atoms with E-state index in [0.717, 1.165) is 11.1 Å². The van der Waals surface area contributed by atoms with Gasteiger partial charge in [-0.2, -0.15) is 0 Å². The molecule has 0 fully saturated rings. The maximum Gasteiger partial charge on any atom is 0.187 e. The number of ketones is 1. The molecule has 0 radical (unpaired) electrons. The van der Waals surface area contributed by atoms with Gasteiger partial charge in [0.1, 0.15) is 6.10 Å². The summed E-state index contributed by atoms with van der Waals surface area (Å²) in [5.41, 5.74) is 1.83. The summed E-state index contributed by atoms with van der Waals surface area (Å²) in [7, 11) is 0. The van der Waals surface area contributed by atoms with Crippen LogP contribution in [0.3, 0.4) is 0 Å². The molecule has 0 saturated carbocycles. The summed E-state index contributed by atoms with van der Waals surface area (Å²) < 4.78 is 0. The van der Waals surface area contributed by atoms with Gasteiger partial charge >= 0.3 is 0 Å². The zero-order chi connectivity index (χ0) is 9.14. The van der Waals surface area contributed by atoms with Crippen molar-refractivity contribution in [3.8, 4) is 0 Å². The van der Waals surface area contributed by atoms with Gasteiger partial charge in [0.15, 0.2) is 5.78 Å². The van der Waals surface area contributed by atoms with Crippen molar-refractivity contribution in [2.24, 2.45) is 0 Å². The standard InChI is InChI=1S/C10H14O2/c1-3-4-5-8-7(2)6-9(11)10(8)12/h3-4,9,11H,5-6H2,1-2H3/b4-3+. The van der Waals surface area contributed by atoms with E-state index in [2.05, 4.69) is 0 Å². The first kappa shape index (κ1) is 9.20. The first-order chi connectivity index (χ1) is 5.66. The molecule has 0 heterocycles. The van der Waals surface area contributed by atoms with Crippen molar-refractivity contribution >= 4 is 5.78 Å². The predicted octanol–water partition coefficient (Wildman–Crippen LogP) is 1.60. The van der Waals surface area contributed by atoms with Crippen LogP contribution in [-0.2, 0) is 4.79 Å². The molecular weight excluding hydrogens is 152 g/mol. The minimum atomic E-state index is -0.773. The van der Waals surface area contributed by atoms with E-state index >= 15 is 0 Å². The molecule has 1 aliphatic carbocycles. The third kappa shape index (κ3) is 1.64. The van der Waals surface area contributed by atoms with E-state index in [4.69, 9.17) is 0 Å². The molecule has 1 atom stereocenters. The Bertz CT molecular complexity index is 249. The van der Waals surface area contributed by atoms with Gasteiger partial charge in [-0.1, -0.05) is 17.7 Å². The largest absolute Gasteiger partial charge is 0.385 e. The fraction of sp³-hybridized carbons (Fsp3) is 0.500. The molecule has 2 heteroatoms. The Balaban J connectivity index is 2.74. The fourth-order valence-corrected chi connectivity index (χ4v) is 1.43. The van der Waals surface area contributed by atoms with Crippen LogP contribution in [-0.4, -0.2) is 17.0 Å². The molecule has 1 rings (SSSR count). The number of carbonyl (C=O) groups is 1. The van der Waals surface area contributed by atoms with Gasteiger partial charge < -0.3 is 5.11 Å². The normalized spacial score (nSPS) is 24.6. The van der Waals surface area contributed by atoms with Crippen LogP contribution in [0.15, 0.2) is 23.3 Å². The predicted molar refractivity (Wildman–Crippen MR) is 47.8 cm³/mol. The molecule has 1 unspecified atom stereocenters. The summed E-state index contributed by atoms with van der Waals surface area (Å²) >= 11 is 0. The maximum atomic E-state index is 11.3. The highest BCUT2D eigenvalue weighted by Crippen LogP contribution is 2.25. The van der Waals surface area contributed by atoms with E-state index in [0.29, 0.717) is 12.8 Å². The van der Waals surface area contributed by atoms with E-state index < -0.39 is 6.10 Å². The van der Waals surface area contributed by atoms with Crippen molar-refractivity contribution < 1.29 is 9.90 Å². The Morgan fingerprint density at radius 3 is 2.75 bits per heavy atom. The zero-order valence-corrected chi connectivity index (χ0v) is 7.50. The van der Waals surface area contributed by atoms with Gasteiger partial charge in [-0.3, -0.25) is 4.79 Å². The van der Waals surface area contributed by atoms with Gasteiger partial charge in [-0.25, -0.2) is 0 Å². The number of hydrogen-bond donors (Lipinski definition) is 1. The zero-order valence-electron chi connectivity index (χ0n) is 7.50. The lowest BCUT2D eigenvalue weighted by atomic mass is 10.1. The van der Waals surface area contributed by atoms with Crippen molar-refractivity contribution in [2.45, 2.75) is 32.8 Å². The van der Waals surface area contributed by atoms with Gasteiger partial charge in [0.05, 0.1) is 0 Å². The molecule has 0 spiro atoms. The average molecular weight is 166 g/mol. The fourth-order valence-electron chi connectivity index (χ4n) is 1.43. The number of hydrogen-bond acceptors (Lipinski definition) is 2. The molecule has 1 aliphatic rings. The molecular formula is C10H14O2. The van der Waals surface area contributed by atoms with E-state index in [1.165, 1.54) is 0 Å². The van der Waals surface area contributed by atoms with Gasteiger partial charge in [-0.15, -0.1) is 0 Å². The Hall–Kier alpha value is -0.890. The monoisotopic (exact) mass is 166 g/mol. The SMILES string of the molecule is C/C=C/CC1=C(C)CC(O)C1=O. The Morgan fingerprint density at radius 1 is 1.67 bits per heavy atom. The summed E-state index contributed by atoms with van der Waals surface area (Å²) in [5, 5.41) is 9.22. The molecule has 66 valence electrons. The summed E-state index contributed by atoms with van der Waals surface area (Å²) in [5.74, 6) is -0.0920. The molecule has 12 heavy (non-hydrogen) atoms. The highest BCUT2D eigenvalue weighted by Gasteiger charge is 2.27. The van der Waals surface area contributed by atoms with Gasteiger partial charge in [-0.05, 0) is 20.3 Å². The lowest BCUT2D eigenvalue weighted by Gasteiger charge is -1.98. The summed E-state index contributed by atoms with van der Waals surface area (Å²) in [6.07, 6.45) is 4.27. The van der Waals surface area contributed by atoms with E-state index in [1.807, 2.05) is 26.0 Å². The molecule has 1 N–H and O–H groups in total. The van der Waals surface area contributed by atoms with Crippen molar-refractivity contribution in [2.75, 3.05) is 0 Å². The van der Waals surface area contributed by atoms with Crippen LogP contribution in [0.4, 0.5) is 0 Å². The lowest BCUT2D eigenvalue weighted by Crippen LogP contribution is -2.14. The second-order valence-corrected chi connectivity index (χ2v) is 3.12. The highest BCUT2D eigenvalue weighted by molar-refractivity contribution is 6.02. The summed E-state index contributed by atoms with van der Waals surface area (Å²) in [4.78, 5) is 11.3. The van der Waals surface area contributed by atoms with Crippen molar-refractivity contribution in [1.29, 1.82) is 0 Å². The minimum absolute atomic E-state index is 0.0920. The highest BCUT2D eigenvalue weighted by atomic mass is 16.3. The summed E-state index contributed by atoms with van der Waals surface area (Å²) in [6, 6.07) is 0. The molecule has 0 amide bonds. The topological polar surface area (TPSA) is 37.3 Å².